The summed E-state index contributed by atoms with van der Waals surface area (Å²) in [7, 11) is 4.27. The lowest BCUT2D eigenvalue weighted by Crippen LogP contribution is -2.15. The molecule has 0 spiro atoms. The van der Waals surface area contributed by atoms with Gasteiger partial charge in [0.2, 0.25) is 0 Å². The van der Waals surface area contributed by atoms with E-state index in [2.05, 4.69) is 50.2 Å². The van der Waals surface area contributed by atoms with E-state index in [1.165, 1.54) is 29.7 Å². The van der Waals surface area contributed by atoms with Gasteiger partial charge in [-0.05, 0) is 69.4 Å². The third-order valence-electron chi connectivity index (χ3n) is 3.80. The first-order valence-electron chi connectivity index (χ1n) is 7.42. The van der Waals surface area contributed by atoms with Gasteiger partial charge < -0.3 is 4.90 Å². The monoisotopic (exact) mass is 258 g/mol. The van der Waals surface area contributed by atoms with Gasteiger partial charge in [-0.1, -0.05) is 25.1 Å². The highest BCUT2D eigenvalue weighted by Crippen LogP contribution is 2.19. The quantitative estimate of drug-likeness (QED) is 0.790. The Bertz CT molecular complexity index is 435. The second-order valence-electron chi connectivity index (χ2n) is 6.04. The maximum absolute atomic E-state index is 4.74. The zero-order valence-electron chi connectivity index (χ0n) is 12.5. The van der Waals surface area contributed by atoms with Crippen molar-refractivity contribution in [1.82, 2.24) is 4.90 Å². The summed E-state index contributed by atoms with van der Waals surface area (Å²) in [6.45, 7) is 4.45. The molecule has 0 saturated heterocycles. The van der Waals surface area contributed by atoms with Gasteiger partial charge in [0.05, 0.1) is 0 Å². The standard InChI is InChI=1S/C17H26N2/c1-14-9-10-17(18-13-14)16-8-4-6-15(12-16)7-5-11-19(2)3/h4,6,8,12,14H,5,7,9-11,13H2,1-3H3/t14-/m0/s1. The van der Waals surface area contributed by atoms with Crippen LogP contribution in [0, 0.1) is 5.92 Å². The van der Waals surface area contributed by atoms with Crippen molar-refractivity contribution in [2.75, 3.05) is 27.2 Å². The molecular weight excluding hydrogens is 232 g/mol. The summed E-state index contributed by atoms with van der Waals surface area (Å²) >= 11 is 0. The summed E-state index contributed by atoms with van der Waals surface area (Å²) in [5.74, 6) is 0.757. The van der Waals surface area contributed by atoms with E-state index in [9.17, 15) is 0 Å². The lowest BCUT2D eigenvalue weighted by Gasteiger charge is -2.18. The molecule has 0 radical (unpaired) electrons. The van der Waals surface area contributed by atoms with Crippen LogP contribution in [0.4, 0.5) is 0 Å². The van der Waals surface area contributed by atoms with Crippen LogP contribution in [-0.4, -0.2) is 37.8 Å². The number of benzene rings is 1. The third kappa shape index (κ3) is 4.46. The second-order valence-corrected chi connectivity index (χ2v) is 6.04. The fraction of sp³-hybridized carbons (Fsp3) is 0.588. The molecule has 0 amide bonds. The van der Waals surface area contributed by atoms with E-state index < -0.39 is 0 Å². The van der Waals surface area contributed by atoms with Crippen LogP contribution in [0.3, 0.4) is 0 Å². The Hall–Kier alpha value is -1.15. The SMILES string of the molecule is C[C@H]1CCC(c2cccc(CCCN(C)C)c2)=NC1. The molecule has 0 bridgehead atoms. The molecule has 104 valence electrons. The van der Waals surface area contributed by atoms with Gasteiger partial charge in [-0.15, -0.1) is 0 Å². The number of rotatable bonds is 5. The Labute approximate surface area is 117 Å². The maximum atomic E-state index is 4.74. The molecule has 2 heteroatoms. The predicted octanol–water partition coefficient (Wildman–Crippen LogP) is 3.40. The summed E-state index contributed by atoms with van der Waals surface area (Å²) in [6, 6.07) is 8.97. The van der Waals surface area contributed by atoms with Crippen LogP contribution in [0.25, 0.3) is 0 Å². The van der Waals surface area contributed by atoms with E-state index in [0.29, 0.717) is 0 Å². The van der Waals surface area contributed by atoms with E-state index in [4.69, 9.17) is 4.99 Å². The molecule has 1 aromatic carbocycles. The number of hydrogen-bond acceptors (Lipinski definition) is 2. The van der Waals surface area contributed by atoms with Crippen LogP contribution in [0.1, 0.15) is 37.3 Å². The molecule has 1 aliphatic rings. The molecule has 19 heavy (non-hydrogen) atoms. The van der Waals surface area contributed by atoms with Gasteiger partial charge in [0, 0.05) is 12.3 Å². The molecule has 0 unspecified atom stereocenters. The Morgan fingerprint density at radius 3 is 2.84 bits per heavy atom. The molecule has 1 aliphatic heterocycles. The highest BCUT2D eigenvalue weighted by molar-refractivity contribution is 6.01. The highest BCUT2D eigenvalue weighted by Gasteiger charge is 2.13. The van der Waals surface area contributed by atoms with E-state index >= 15 is 0 Å². The van der Waals surface area contributed by atoms with Crippen LogP contribution in [0.2, 0.25) is 0 Å². The van der Waals surface area contributed by atoms with Crippen LogP contribution >= 0.6 is 0 Å². The van der Waals surface area contributed by atoms with Crippen LogP contribution in [0.15, 0.2) is 29.3 Å². The Morgan fingerprint density at radius 1 is 1.32 bits per heavy atom. The Balaban J connectivity index is 1.99. The van der Waals surface area contributed by atoms with Crippen molar-refractivity contribution < 1.29 is 0 Å². The van der Waals surface area contributed by atoms with Gasteiger partial charge in [-0.25, -0.2) is 0 Å². The Morgan fingerprint density at radius 2 is 2.16 bits per heavy atom. The summed E-state index contributed by atoms with van der Waals surface area (Å²) in [5.41, 5.74) is 4.10. The third-order valence-corrected chi connectivity index (χ3v) is 3.80. The molecule has 1 heterocycles. The van der Waals surface area contributed by atoms with Crippen molar-refractivity contribution in [1.29, 1.82) is 0 Å². The zero-order chi connectivity index (χ0) is 13.7. The lowest BCUT2D eigenvalue weighted by atomic mass is 9.94. The van der Waals surface area contributed by atoms with Crippen molar-refractivity contribution in [3.05, 3.63) is 35.4 Å². The molecule has 0 N–H and O–H groups in total. The number of aliphatic imine (C=N–C) groups is 1. The normalized spacial score (nSPS) is 19.6. The molecule has 0 aliphatic carbocycles. The van der Waals surface area contributed by atoms with Crippen LogP contribution in [-0.2, 0) is 6.42 Å². The summed E-state index contributed by atoms with van der Waals surface area (Å²) in [5, 5.41) is 0. The molecule has 1 atom stereocenters. The molecule has 1 aromatic rings. The summed E-state index contributed by atoms with van der Waals surface area (Å²) in [6.07, 6.45) is 4.81. The van der Waals surface area contributed by atoms with E-state index in [0.717, 1.165) is 31.8 Å². The first-order chi connectivity index (χ1) is 9.15. The second kappa shape index (κ2) is 6.85. The predicted molar refractivity (Wildman–Crippen MR) is 83.1 cm³/mol. The largest absolute Gasteiger partial charge is 0.309 e. The van der Waals surface area contributed by atoms with Crippen molar-refractivity contribution >= 4 is 5.71 Å². The molecule has 0 saturated carbocycles. The minimum absolute atomic E-state index is 0.757. The number of hydrogen-bond donors (Lipinski definition) is 0. The van der Waals surface area contributed by atoms with Gasteiger partial charge in [0.25, 0.3) is 0 Å². The topological polar surface area (TPSA) is 15.6 Å². The molecule has 0 aromatic heterocycles. The molecular formula is C17H26N2. The lowest BCUT2D eigenvalue weighted by molar-refractivity contribution is 0.400. The van der Waals surface area contributed by atoms with Gasteiger partial charge in [-0.3, -0.25) is 4.99 Å². The molecule has 0 fully saturated rings. The minimum atomic E-state index is 0.757. The van der Waals surface area contributed by atoms with Crippen molar-refractivity contribution in [2.45, 2.75) is 32.6 Å². The van der Waals surface area contributed by atoms with Gasteiger partial charge in [-0.2, -0.15) is 0 Å². The van der Waals surface area contributed by atoms with Crippen molar-refractivity contribution in [2.24, 2.45) is 10.9 Å². The van der Waals surface area contributed by atoms with E-state index in [1.54, 1.807) is 0 Å². The molecule has 2 rings (SSSR count). The van der Waals surface area contributed by atoms with Gasteiger partial charge in [0.1, 0.15) is 0 Å². The maximum Gasteiger partial charge on any atom is 0.0420 e. The average Bonchev–Trinajstić information content (AvgIpc) is 2.39. The number of aryl methyl sites for hydroxylation is 1. The smallest absolute Gasteiger partial charge is 0.0420 e. The average molecular weight is 258 g/mol. The first kappa shape index (κ1) is 14.3. The Kier molecular flexibility index (Phi) is 5.15. The highest BCUT2D eigenvalue weighted by atomic mass is 15.0. The summed E-state index contributed by atoms with van der Waals surface area (Å²) < 4.78 is 0. The zero-order valence-corrected chi connectivity index (χ0v) is 12.5. The van der Waals surface area contributed by atoms with Crippen molar-refractivity contribution in [3.63, 3.8) is 0 Å². The fourth-order valence-corrected chi connectivity index (χ4v) is 2.56. The van der Waals surface area contributed by atoms with Gasteiger partial charge in [0.15, 0.2) is 0 Å². The van der Waals surface area contributed by atoms with Crippen LogP contribution in [0.5, 0.6) is 0 Å². The fourth-order valence-electron chi connectivity index (χ4n) is 2.56. The minimum Gasteiger partial charge on any atom is -0.309 e. The number of nitrogens with zero attached hydrogens (tertiary/aromatic N) is 2. The van der Waals surface area contributed by atoms with E-state index in [1.807, 2.05) is 0 Å². The summed E-state index contributed by atoms with van der Waals surface area (Å²) in [4.78, 5) is 6.99. The first-order valence-corrected chi connectivity index (χ1v) is 7.42. The van der Waals surface area contributed by atoms with Crippen molar-refractivity contribution in [3.8, 4) is 0 Å². The van der Waals surface area contributed by atoms with E-state index in [-0.39, 0.29) is 0 Å². The van der Waals surface area contributed by atoms with Gasteiger partial charge >= 0.3 is 0 Å². The van der Waals surface area contributed by atoms with Crippen LogP contribution < -0.4 is 0 Å². The molecule has 2 nitrogen and oxygen atoms in total.